The highest BCUT2D eigenvalue weighted by Gasteiger charge is 2.19. The van der Waals surface area contributed by atoms with E-state index >= 15 is 0 Å². The predicted octanol–water partition coefficient (Wildman–Crippen LogP) is 3.00. The third kappa shape index (κ3) is 6.30. The zero-order valence-electron chi connectivity index (χ0n) is 13.7. The molecule has 1 atom stereocenters. The maximum atomic E-state index is 12.0. The lowest BCUT2D eigenvalue weighted by Gasteiger charge is -2.22. The minimum atomic E-state index is -0.595. The molecule has 0 saturated heterocycles. The van der Waals surface area contributed by atoms with Gasteiger partial charge in [0.05, 0.1) is 0 Å². The second-order valence-corrected chi connectivity index (χ2v) is 6.18. The molecule has 0 aromatic heterocycles. The zero-order chi connectivity index (χ0) is 16.5. The summed E-state index contributed by atoms with van der Waals surface area (Å²) < 4.78 is 5.11. The van der Waals surface area contributed by atoms with Gasteiger partial charge in [-0.2, -0.15) is 0 Å². The van der Waals surface area contributed by atoms with Crippen LogP contribution in [-0.2, 0) is 16.1 Å². The van der Waals surface area contributed by atoms with Gasteiger partial charge in [-0.15, -0.1) is 0 Å². The van der Waals surface area contributed by atoms with Gasteiger partial charge in [0.2, 0.25) is 5.91 Å². The maximum Gasteiger partial charge on any atom is 0.408 e. The molecular weight excluding hydrogens is 292 g/mol. The molecule has 1 fully saturated rings. The fraction of sp³-hybridized carbons (Fsp3) is 0.556. The van der Waals surface area contributed by atoms with Crippen LogP contribution in [0.4, 0.5) is 4.79 Å². The van der Waals surface area contributed by atoms with Crippen LogP contribution in [0.1, 0.15) is 44.6 Å². The summed E-state index contributed by atoms with van der Waals surface area (Å²) in [5.41, 5.74) is 0.914. The molecule has 1 saturated carbocycles. The fourth-order valence-electron chi connectivity index (χ4n) is 2.80. The Balaban J connectivity index is 1.64. The first-order valence-electron chi connectivity index (χ1n) is 8.40. The van der Waals surface area contributed by atoms with Gasteiger partial charge in [0.1, 0.15) is 12.6 Å². The lowest BCUT2D eigenvalue weighted by Crippen LogP contribution is -2.46. The van der Waals surface area contributed by atoms with E-state index in [4.69, 9.17) is 4.74 Å². The highest BCUT2D eigenvalue weighted by Crippen LogP contribution is 2.22. The Bertz CT molecular complexity index is 498. The van der Waals surface area contributed by atoms with Crippen molar-refractivity contribution in [3.63, 3.8) is 0 Å². The number of hydrogen-bond acceptors (Lipinski definition) is 3. The summed E-state index contributed by atoms with van der Waals surface area (Å²) in [6, 6.07) is 8.85. The Hall–Kier alpha value is -2.04. The van der Waals surface area contributed by atoms with Crippen molar-refractivity contribution in [2.24, 2.45) is 5.92 Å². The summed E-state index contributed by atoms with van der Waals surface area (Å²) in [6.07, 6.45) is 5.59. The second-order valence-electron chi connectivity index (χ2n) is 6.18. The molecule has 0 aliphatic heterocycles. The van der Waals surface area contributed by atoms with E-state index in [1.807, 2.05) is 30.3 Å². The number of benzene rings is 1. The Morgan fingerprint density at radius 3 is 2.57 bits per heavy atom. The third-order valence-corrected chi connectivity index (χ3v) is 4.23. The molecule has 2 rings (SSSR count). The average molecular weight is 318 g/mol. The molecule has 126 valence electrons. The number of carbonyl (C=O) groups excluding carboxylic acids is 2. The Morgan fingerprint density at radius 2 is 1.87 bits per heavy atom. The van der Waals surface area contributed by atoms with Crippen LogP contribution in [0.5, 0.6) is 0 Å². The largest absolute Gasteiger partial charge is 0.445 e. The van der Waals surface area contributed by atoms with Crippen LogP contribution in [0.15, 0.2) is 30.3 Å². The number of alkyl carbamates (subject to hydrolysis) is 1. The molecule has 1 aliphatic carbocycles. The first-order valence-corrected chi connectivity index (χ1v) is 8.40. The molecule has 5 heteroatoms. The third-order valence-electron chi connectivity index (χ3n) is 4.23. The highest BCUT2D eigenvalue weighted by atomic mass is 16.5. The van der Waals surface area contributed by atoms with Gasteiger partial charge >= 0.3 is 6.09 Å². The molecule has 0 radical (unpaired) electrons. The van der Waals surface area contributed by atoms with E-state index in [9.17, 15) is 9.59 Å². The molecule has 0 heterocycles. The van der Waals surface area contributed by atoms with Crippen molar-refractivity contribution in [2.75, 3.05) is 6.54 Å². The van der Waals surface area contributed by atoms with E-state index in [1.54, 1.807) is 6.92 Å². The Kier molecular flexibility index (Phi) is 6.91. The molecule has 5 nitrogen and oxygen atoms in total. The van der Waals surface area contributed by atoms with E-state index < -0.39 is 12.1 Å². The summed E-state index contributed by atoms with van der Waals surface area (Å²) in [7, 11) is 0. The van der Waals surface area contributed by atoms with Gasteiger partial charge < -0.3 is 15.4 Å². The van der Waals surface area contributed by atoms with Gasteiger partial charge in [-0.25, -0.2) is 4.79 Å². The van der Waals surface area contributed by atoms with E-state index in [1.165, 1.54) is 32.1 Å². The van der Waals surface area contributed by atoms with Crippen LogP contribution >= 0.6 is 0 Å². The van der Waals surface area contributed by atoms with Gasteiger partial charge in [-0.05, 0) is 31.2 Å². The molecule has 1 aromatic carbocycles. The first-order chi connectivity index (χ1) is 11.1. The van der Waals surface area contributed by atoms with Crippen molar-refractivity contribution < 1.29 is 14.3 Å². The van der Waals surface area contributed by atoms with Gasteiger partial charge in [0, 0.05) is 6.54 Å². The van der Waals surface area contributed by atoms with E-state index in [-0.39, 0.29) is 12.5 Å². The van der Waals surface area contributed by atoms with Gasteiger partial charge in [0.15, 0.2) is 0 Å². The van der Waals surface area contributed by atoms with Crippen molar-refractivity contribution in [1.29, 1.82) is 0 Å². The number of amides is 2. The fourth-order valence-corrected chi connectivity index (χ4v) is 2.80. The SMILES string of the molecule is CC(NC(=O)OCc1ccccc1)C(=O)NCC1CCCCC1. The summed E-state index contributed by atoms with van der Waals surface area (Å²) in [5.74, 6) is 0.414. The number of hydrogen-bond donors (Lipinski definition) is 2. The van der Waals surface area contributed by atoms with Crippen LogP contribution < -0.4 is 10.6 Å². The average Bonchev–Trinajstić information content (AvgIpc) is 2.59. The summed E-state index contributed by atoms with van der Waals surface area (Å²) in [6.45, 7) is 2.56. The summed E-state index contributed by atoms with van der Waals surface area (Å²) >= 11 is 0. The van der Waals surface area contributed by atoms with Crippen LogP contribution in [0.3, 0.4) is 0 Å². The standard InChI is InChI=1S/C18H26N2O3/c1-14(17(21)19-12-15-8-4-2-5-9-15)20-18(22)23-13-16-10-6-3-7-11-16/h3,6-7,10-11,14-15H,2,4-5,8-9,12-13H2,1H3,(H,19,21)(H,20,22). The van der Waals surface area contributed by atoms with E-state index in [0.29, 0.717) is 12.5 Å². The molecule has 0 bridgehead atoms. The molecule has 2 amide bonds. The number of carbonyl (C=O) groups is 2. The van der Waals surface area contributed by atoms with Crippen molar-refractivity contribution in [1.82, 2.24) is 10.6 Å². The van der Waals surface area contributed by atoms with E-state index in [0.717, 1.165) is 5.56 Å². The topological polar surface area (TPSA) is 67.4 Å². The molecule has 1 aromatic rings. The normalized spacial score (nSPS) is 16.4. The van der Waals surface area contributed by atoms with Crippen molar-refractivity contribution in [2.45, 2.75) is 51.7 Å². The number of rotatable bonds is 6. The molecule has 1 aliphatic rings. The molecule has 0 spiro atoms. The Labute approximate surface area is 137 Å². The van der Waals surface area contributed by atoms with Crippen LogP contribution in [0, 0.1) is 5.92 Å². The van der Waals surface area contributed by atoms with Crippen molar-refractivity contribution >= 4 is 12.0 Å². The highest BCUT2D eigenvalue weighted by molar-refractivity contribution is 5.85. The van der Waals surface area contributed by atoms with Crippen LogP contribution in [0.25, 0.3) is 0 Å². The minimum absolute atomic E-state index is 0.160. The van der Waals surface area contributed by atoms with Crippen LogP contribution in [0.2, 0.25) is 0 Å². The van der Waals surface area contributed by atoms with Gasteiger partial charge in [-0.1, -0.05) is 49.6 Å². The quantitative estimate of drug-likeness (QED) is 0.847. The zero-order valence-corrected chi connectivity index (χ0v) is 13.7. The number of ether oxygens (including phenoxy) is 1. The molecular formula is C18H26N2O3. The Morgan fingerprint density at radius 1 is 1.17 bits per heavy atom. The number of nitrogens with one attached hydrogen (secondary N) is 2. The van der Waals surface area contributed by atoms with Gasteiger partial charge in [-0.3, -0.25) is 4.79 Å². The van der Waals surface area contributed by atoms with Crippen molar-refractivity contribution in [3.05, 3.63) is 35.9 Å². The molecule has 2 N–H and O–H groups in total. The monoisotopic (exact) mass is 318 g/mol. The molecule has 1 unspecified atom stereocenters. The smallest absolute Gasteiger partial charge is 0.408 e. The molecule has 23 heavy (non-hydrogen) atoms. The minimum Gasteiger partial charge on any atom is -0.445 e. The van der Waals surface area contributed by atoms with Crippen molar-refractivity contribution in [3.8, 4) is 0 Å². The first kappa shape index (κ1) is 17.3. The predicted molar refractivity (Wildman–Crippen MR) is 88.8 cm³/mol. The van der Waals surface area contributed by atoms with E-state index in [2.05, 4.69) is 10.6 Å². The van der Waals surface area contributed by atoms with Gasteiger partial charge in [0.25, 0.3) is 0 Å². The maximum absolute atomic E-state index is 12.0. The van der Waals surface area contributed by atoms with Crippen LogP contribution in [-0.4, -0.2) is 24.6 Å². The summed E-state index contributed by atoms with van der Waals surface area (Å²) in [4.78, 5) is 23.7. The second kappa shape index (κ2) is 9.18. The lowest BCUT2D eigenvalue weighted by atomic mass is 9.89. The lowest BCUT2D eigenvalue weighted by molar-refractivity contribution is -0.122. The summed E-state index contributed by atoms with van der Waals surface area (Å²) in [5, 5.41) is 5.49.